The summed E-state index contributed by atoms with van der Waals surface area (Å²) in [5.41, 5.74) is 2.11. The van der Waals surface area contributed by atoms with Gasteiger partial charge in [0.15, 0.2) is 0 Å². The van der Waals surface area contributed by atoms with Crippen LogP contribution < -0.4 is 15.0 Å². The molecule has 2 N–H and O–H groups in total. The average molecular weight is 605 g/mol. The fourth-order valence-electron chi connectivity index (χ4n) is 5.55. The van der Waals surface area contributed by atoms with Gasteiger partial charge in [-0.25, -0.2) is 4.79 Å². The van der Waals surface area contributed by atoms with Gasteiger partial charge in [-0.2, -0.15) is 0 Å². The molecule has 44 heavy (non-hydrogen) atoms. The van der Waals surface area contributed by atoms with Crippen LogP contribution in [0.25, 0.3) is 10.8 Å². The van der Waals surface area contributed by atoms with E-state index in [1.54, 1.807) is 16.8 Å². The van der Waals surface area contributed by atoms with E-state index in [1.807, 2.05) is 100 Å². The van der Waals surface area contributed by atoms with Crippen LogP contribution in [0.3, 0.4) is 0 Å². The van der Waals surface area contributed by atoms with Gasteiger partial charge in [-0.1, -0.05) is 43.3 Å². The van der Waals surface area contributed by atoms with Gasteiger partial charge in [-0.3, -0.25) is 4.79 Å². The van der Waals surface area contributed by atoms with Gasteiger partial charge in [-0.15, -0.1) is 0 Å². The fraction of sp³-hybridized carbons (Fsp3) is 0.486. The number of anilines is 2. The van der Waals surface area contributed by atoms with E-state index in [0.717, 1.165) is 41.4 Å². The standard InChI is InChI=1S/C35H48N4O5/c1-24-21-39(25(2)23-40)34(41)30-20-28(37(4)5)17-18-32(30)44-26(3)12-9-10-19-43-33(24)22-38(6)35(42)36-31-16-11-14-27-13-7-8-15-29(27)31/h7-8,11,13-18,20,24-26,33,40H,9-10,12,19,21-23H2,1-6H3,(H,36,42)/t24-,25-,26-,33+/m1/s1. The molecule has 0 unspecified atom stereocenters. The molecule has 0 saturated heterocycles. The Labute approximate surface area is 261 Å². The number of benzene rings is 3. The van der Waals surface area contributed by atoms with Crippen molar-refractivity contribution in [2.75, 3.05) is 57.7 Å². The molecule has 9 heteroatoms. The molecule has 3 aromatic carbocycles. The largest absolute Gasteiger partial charge is 0.490 e. The number of nitrogens with one attached hydrogen (secondary N) is 1. The number of hydrogen-bond donors (Lipinski definition) is 2. The number of amides is 3. The second kappa shape index (κ2) is 15.3. The number of aliphatic hydroxyl groups excluding tert-OH is 1. The smallest absolute Gasteiger partial charge is 0.321 e. The first-order chi connectivity index (χ1) is 21.1. The van der Waals surface area contributed by atoms with Gasteiger partial charge in [0.2, 0.25) is 0 Å². The lowest BCUT2D eigenvalue weighted by molar-refractivity contribution is -0.0115. The lowest BCUT2D eigenvalue weighted by atomic mass is 10.0. The number of hydrogen-bond acceptors (Lipinski definition) is 6. The zero-order valence-electron chi connectivity index (χ0n) is 27.0. The molecule has 0 radical (unpaired) electrons. The van der Waals surface area contributed by atoms with Gasteiger partial charge < -0.3 is 34.6 Å². The van der Waals surface area contributed by atoms with Crippen LogP contribution in [0.1, 0.15) is 50.4 Å². The van der Waals surface area contributed by atoms with Crippen molar-refractivity contribution < 1.29 is 24.2 Å². The normalized spacial score (nSPS) is 20.7. The molecule has 3 amide bonds. The van der Waals surface area contributed by atoms with E-state index in [2.05, 4.69) is 5.32 Å². The molecule has 3 aromatic rings. The molecule has 0 aromatic heterocycles. The van der Waals surface area contributed by atoms with E-state index < -0.39 is 6.04 Å². The molecule has 0 spiro atoms. The summed E-state index contributed by atoms with van der Waals surface area (Å²) in [7, 11) is 5.63. The van der Waals surface area contributed by atoms with E-state index in [4.69, 9.17) is 9.47 Å². The van der Waals surface area contributed by atoms with Crippen LogP contribution in [0, 0.1) is 5.92 Å². The third-order valence-corrected chi connectivity index (χ3v) is 8.38. The van der Waals surface area contributed by atoms with Crippen LogP contribution in [0.4, 0.5) is 16.2 Å². The van der Waals surface area contributed by atoms with Crippen molar-refractivity contribution in [1.29, 1.82) is 0 Å². The summed E-state index contributed by atoms with van der Waals surface area (Å²) < 4.78 is 12.7. The average Bonchev–Trinajstić information content (AvgIpc) is 3.01. The Morgan fingerprint density at radius 2 is 1.82 bits per heavy atom. The van der Waals surface area contributed by atoms with Crippen molar-refractivity contribution in [2.45, 2.75) is 58.3 Å². The Balaban J connectivity index is 1.58. The predicted molar refractivity (Wildman–Crippen MR) is 177 cm³/mol. The maximum absolute atomic E-state index is 14.2. The van der Waals surface area contributed by atoms with Crippen molar-refractivity contribution in [2.24, 2.45) is 5.92 Å². The Morgan fingerprint density at radius 1 is 1.07 bits per heavy atom. The highest BCUT2D eigenvalue weighted by Crippen LogP contribution is 2.29. The third-order valence-electron chi connectivity index (χ3n) is 8.38. The van der Waals surface area contributed by atoms with Crippen LogP contribution in [0.5, 0.6) is 5.75 Å². The first kappa shape index (κ1) is 33.1. The number of urea groups is 1. The minimum absolute atomic E-state index is 0.0861. The van der Waals surface area contributed by atoms with Crippen molar-refractivity contribution >= 4 is 34.1 Å². The summed E-state index contributed by atoms with van der Waals surface area (Å²) in [5, 5.41) is 15.3. The molecule has 0 bridgehead atoms. The lowest BCUT2D eigenvalue weighted by Crippen LogP contribution is -2.48. The number of rotatable bonds is 6. The highest BCUT2D eigenvalue weighted by atomic mass is 16.5. The fourth-order valence-corrected chi connectivity index (χ4v) is 5.55. The Morgan fingerprint density at radius 3 is 2.57 bits per heavy atom. The van der Waals surface area contributed by atoms with Crippen LogP contribution in [-0.2, 0) is 4.74 Å². The molecule has 4 rings (SSSR count). The third kappa shape index (κ3) is 8.21. The molecule has 0 fully saturated rings. The number of nitrogens with zero attached hydrogens (tertiary/aromatic N) is 3. The van der Waals surface area contributed by atoms with E-state index in [9.17, 15) is 14.7 Å². The Kier molecular flexibility index (Phi) is 11.5. The van der Waals surface area contributed by atoms with Gasteiger partial charge in [-0.05, 0) is 62.8 Å². The second-order valence-electron chi connectivity index (χ2n) is 12.2. The number of ether oxygens (including phenoxy) is 2. The van der Waals surface area contributed by atoms with Crippen LogP contribution in [-0.4, -0.2) is 92.5 Å². The topological polar surface area (TPSA) is 94.6 Å². The summed E-state index contributed by atoms with van der Waals surface area (Å²) in [4.78, 5) is 32.9. The Hall–Kier alpha value is -3.82. The summed E-state index contributed by atoms with van der Waals surface area (Å²) in [6, 6.07) is 18.8. The van der Waals surface area contributed by atoms with Gasteiger partial charge in [0.1, 0.15) is 5.75 Å². The first-order valence-electron chi connectivity index (χ1n) is 15.6. The zero-order valence-corrected chi connectivity index (χ0v) is 27.0. The number of fused-ring (bicyclic) bond motifs is 2. The van der Waals surface area contributed by atoms with E-state index in [1.165, 1.54) is 0 Å². The molecule has 238 valence electrons. The van der Waals surface area contributed by atoms with Crippen LogP contribution in [0.15, 0.2) is 60.7 Å². The summed E-state index contributed by atoms with van der Waals surface area (Å²) in [6.45, 7) is 6.92. The minimum atomic E-state index is -0.431. The molecular formula is C35H48N4O5. The predicted octanol–water partition coefficient (Wildman–Crippen LogP) is 5.87. The highest BCUT2D eigenvalue weighted by molar-refractivity contribution is 6.01. The van der Waals surface area contributed by atoms with E-state index in [0.29, 0.717) is 31.0 Å². The van der Waals surface area contributed by atoms with Crippen LogP contribution >= 0.6 is 0 Å². The van der Waals surface area contributed by atoms with Crippen molar-refractivity contribution in [1.82, 2.24) is 9.80 Å². The molecule has 1 aliphatic rings. The summed E-state index contributed by atoms with van der Waals surface area (Å²) >= 11 is 0. The maximum atomic E-state index is 14.2. The van der Waals surface area contributed by atoms with Gasteiger partial charge in [0.25, 0.3) is 5.91 Å². The van der Waals surface area contributed by atoms with E-state index in [-0.39, 0.29) is 36.7 Å². The number of aliphatic hydroxyl groups is 1. The first-order valence-corrected chi connectivity index (χ1v) is 15.6. The van der Waals surface area contributed by atoms with Crippen molar-refractivity contribution in [3.05, 3.63) is 66.2 Å². The number of likely N-dealkylation sites (N-methyl/N-ethyl adjacent to an activating group) is 1. The second-order valence-corrected chi connectivity index (χ2v) is 12.2. The monoisotopic (exact) mass is 604 g/mol. The zero-order chi connectivity index (χ0) is 31.8. The molecular weight excluding hydrogens is 556 g/mol. The molecule has 1 aliphatic heterocycles. The SMILES string of the molecule is C[C@@H]1CCCCO[C@@H](CN(C)C(=O)Nc2cccc3ccccc23)[C@H](C)CN([C@H](C)CO)C(=O)c2cc(N(C)C)ccc2O1. The van der Waals surface area contributed by atoms with Crippen LogP contribution in [0.2, 0.25) is 0 Å². The molecule has 1 heterocycles. The lowest BCUT2D eigenvalue weighted by Gasteiger charge is -2.36. The number of carbonyl (C=O) groups is 2. The molecule has 9 nitrogen and oxygen atoms in total. The van der Waals surface area contributed by atoms with Crippen molar-refractivity contribution in [3.63, 3.8) is 0 Å². The molecule has 0 saturated carbocycles. The van der Waals surface area contributed by atoms with Gasteiger partial charge >= 0.3 is 6.03 Å². The summed E-state index contributed by atoms with van der Waals surface area (Å²) in [6.07, 6.45) is 2.16. The van der Waals surface area contributed by atoms with Gasteiger partial charge in [0.05, 0.1) is 36.1 Å². The van der Waals surface area contributed by atoms with Crippen molar-refractivity contribution in [3.8, 4) is 5.75 Å². The summed E-state index contributed by atoms with van der Waals surface area (Å²) in [5.74, 6) is 0.205. The quantitative estimate of drug-likeness (QED) is 0.366. The maximum Gasteiger partial charge on any atom is 0.321 e. The molecule has 0 aliphatic carbocycles. The van der Waals surface area contributed by atoms with E-state index >= 15 is 0 Å². The highest BCUT2D eigenvalue weighted by Gasteiger charge is 2.31. The molecule has 4 atom stereocenters. The number of carbonyl (C=O) groups excluding carboxylic acids is 2. The Bertz CT molecular complexity index is 1410. The minimum Gasteiger partial charge on any atom is -0.490 e. The van der Waals surface area contributed by atoms with Gasteiger partial charge in [0, 0.05) is 57.8 Å².